The van der Waals surface area contributed by atoms with Gasteiger partial charge < -0.3 is 9.52 Å². The number of anilines is 1. The Balaban J connectivity index is 1.66. The number of benzene rings is 1. The van der Waals surface area contributed by atoms with E-state index in [1.54, 1.807) is 36.6 Å². The molecule has 1 unspecified atom stereocenters. The zero-order chi connectivity index (χ0) is 21.7. The number of Topliss-reactive ketones (excluding diaryl/α,β-unsaturated/α-hetero) is 1. The number of ketones is 1. The molecule has 1 atom stereocenters. The summed E-state index contributed by atoms with van der Waals surface area (Å²) in [5, 5.41) is 13.0. The second-order valence-electron chi connectivity index (χ2n) is 7.25. The predicted molar refractivity (Wildman–Crippen MR) is 121 cm³/mol. The van der Waals surface area contributed by atoms with Crippen LogP contribution in [0, 0.1) is 6.92 Å². The van der Waals surface area contributed by atoms with E-state index >= 15 is 0 Å². The number of aromatic nitrogens is 1. The summed E-state index contributed by atoms with van der Waals surface area (Å²) in [5.41, 5.74) is 1.94. The molecule has 4 heterocycles. The monoisotopic (exact) mass is 450 g/mol. The van der Waals surface area contributed by atoms with Gasteiger partial charge in [-0.15, -0.1) is 11.3 Å². The molecule has 1 aliphatic rings. The van der Waals surface area contributed by atoms with Crippen LogP contribution in [0.5, 0.6) is 0 Å². The molecular formula is C23H18N2O4S2. The van der Waals surface area contributed by atoms with Crippen molar-refractivity contribution >= 4 is 49.7 Å². The van der Waals surface area contributed by atoms with Crippen molar-refractivity contribution in [1.82, 2.24) is 4.98 Å². The third kappa shape index (κ3) is 3.19. The maximum Gasteiger partial charge on any atom is 0.296 e. The lowest BCUT2D eigenvalue weighted by Gasteiger charge is -2.22. The number of aliphatic hydroxyl groups is 1. The molecule has 0 aliphatic carbocycles. The van der Waals surface area contributed by atoms with Crippen LogP contribution in [0.15, 0.2) is 63.6 Å². The zero-order valence-corrected chi connectivity index (χ0v) is 18.4. The summed E-state index contributed by atoms with van der Waals surface area (Å²) in [6, 6.07) is 12.0. The molecule has 1 aromatic carbocycles. The van der Waals surface area contributed by atoms with Gasteiger partial charge in [-0.3, -0.25) is 14.5 Å². The van der Waals surface area contributed by atoms with Crippen LogP contribution in [0.1, 0.15) is 39.7 Å². The van der Waals surface area contributed by atoms with Gasteiger partial charge in [-0.2, -0.15) is 0 Å². The zero-order valence-electron chi connectivity index (χ0n) is 16.8. The third-order valence-corrected chi connectivity index (χ3v) is 7.17. The minimum absolute atomic E-state index is 0.00954. The van der Waals surface area contributed by atoms with E-state index in [1.807, 2.05) is 18.2 Å². The van der Waals surface area contributed by atoms with E-state index in [9.17, 15) is 14.7 Å². The van der Waals surface area contributed by atoms with Gasteiger partial charge in [0.05, 0.1) is 20.7 Å². The first-order chi connectivity index (χ1) is 15.0. The SMILES string of the molecule is CCc1ccc2nc(N3C(=O)C(O)=C(C(=O)c4cccs4)C3c3ccc(C)o3)sc2c1. The van der Waals surface area contributed by atoms with Gasteiger partial charge in [0, 0.05) is 0 Å². The molecule has 1 N–H and O–H groups in total. The first kappa shape index (κ1) is 19.7. The number of fused-ring (bicyclic) bond motifs is 1. The number of carbonyl (C=O) groups is 2. The van der Waals surface area contributed by atoms with Crippen LogP contribution in [0.4, 0.5) is 5.13 Å². The third-order valence-electron chi connectivity index (χ3n) is 5.28. The fourth-order valence-electron chi connectivity index (χ4n) is 3.72. The smallest absolute Gasteiger partial charge is 0.296 e. The van der Waals surface area contributed by atoms with E-state index in [2.05, 4.69) is 11.9 Å². The van der Waals surface area contributed by atoms with Crippen LogP contribution in [0.2, 0.25) is 0 Å². The van der Waals surface area contributed by atoms with Crippen LogP contribution >= 0.6 is 22.7 Å². The lowest BCUT2D eigenvalue weighted by atomic mass is 10.0. The Morgan fingerprint density at radius 3 is 2.77 bits per heavy atom. The van der Waals surface area contributed by atoms with Crippen LogP contribution < -0.4 is 4.90 Å². The molecule has 0 fully saturated rings. The number of aliphatic hydroxyl groups excluding tert-OH is 1. The van der Waals surface area contributed by atoms with Crippen LogP contribution in [0.3, 0.4) is 0 Å². The molecule has 3 aromatic heterocycles. The van der Waals surface area contributed by atoms with Crippen LogP contribution in [-0.2, 0) is 11.2 Å². The fourth-order valence-corrected chi connectivity index (χ4v) is 5.46. The van der Waals surface area contributed by atoms with Gasteiger partial charge >= 0.3 is 0 Å². The van der Waals surface area contributed by atoms with Gasteiger partial charge in [0.1, 0.15) is 17.6 Å². The number of aryl methyl sites for hydroxylation is 2. The Bertz CT molecular complexity index is 1350. The molecule has 0 radical (unpaired) electrons. The van der Waals surface area contributed by atoms with Gasteiger partial charge in [-0.1, -0.05) is 30.4 Å². The van der Waals surface area contributed by atoms with E-state index in [-0.39, 0.29) is 5.57 Å². The van der Waals surface area contributed by atoms with E-state index in [1.165, 1.54) is 33.1 Å². The lowest BCUT2D eigenvalue weighted by Crippen LogP contribution is -2.30. The van der Waals surface area contributed by atoms with Crippen molar-refractivity contribution in [3.8, 4) is 0 Å². The van der Waals surface area contributed by atoms with Crippen molar-refractivity contribution < 1.29 is 19.1 Å². The summed E-state index contributed by atoms with van der Waals surface area (Å²) in [5.74, 6) is -0.562. The molecule has 5 rings (SSSR count). The summed E-state index contributed by atoms with van der Waals surface area (Å²) >= 11 is 2.61. The van der Waals surface area contributed by atoms with E-state index in [0.29, 0.717) is 21.5 Å². The van der Waals surface area contributed by atoms with Crippen LogP contribution in [-0.4, -0.2) is 21.8 Å². The average molecular weight is 451 g/mol. The molecule has 4 aromatic rings. The summed E-state index contributed by atoms with van der Waals surface area (Å²) in [6.45, 7) is 3.87. The number of hydrogen-bond acceptors (Lipinski definition) is 7. The quantitative estimate of drug-likeness (QED) is 0.400. The number of nitrogens with zero attached hydrogens (tertiary/aromatic N) is 2. The molecule has 8 heteroatoms. The summed E-state index contributed by atoms with van der Waals surface area (Å²) in [7, 11) is 0. The van der Waals surface area contributed by atoms with Gasteiger partial charge in [-0.25, -0.2) is 4.98 Å². The summed E-state index contributed by atoms with van der Waals surface area (Å²) in [6.07, 6.45) is 0.891. The van der Waals surface area contributed by atoms with Crippen molar-refractivity contribution in [3.63, 3.8) is 0 Å². The van der Waals surface area contributed by atoms with E-state index in [4.69, 9.17) is 4.42 Å². The van der Waals surface area contributed by atoms with Gasteiger partial charge in [-0.05, 0) is 54.6 Å². The number of rotatable bonds is 5. The number of hydrogen-bond donors (Lipinski definition) is 1. The van der Waals surface area contributed by atoms with Crippen molar-refractivity contribution in [2.75, 3.05) is 4.90 Å². The Kier molecular flexibility index (Phi) is 4.75. The molecule has 156 valence electrons. The second-order valence-corrected chi connectivity index (χ2v) is 9.20. The maximum absolute atomic E-state index is 13.2. The molecule has 0 bridgehead atoms. The number of furan rings is 1. The minimum Gasteiger partial charge on any atom is -0.503 e. The normalized spacial score (nSPS) is 16.6. The lowest BCUT2D eigenvalue weighted by molar-refractivity contribution is -0.117. The van der Waals surface area contributed by atoms with Gasteiger partial charge in [0.2, 0.25) is 5.78 Å². The maximum atomic E-state index is 13.2. The highest BCUT2D eigenvalue weighted by Crippen LogP contribution is 2.44. The van der Waals surface area contributed by atoms with Crippen molar-refractivity contribution in [2.24, 2.45) is 0 Å². The van der Waals surface area contributed by atoms with Crippen molar-refractivity contribution in [3.05, 3.63) is 81.1 Å². The fraction of sp³-hybridized carbons (Fsp3) is 0.174. The molecule has 0 saturated heterocycles. The van der Waals surface area contributed by atoms with Crippen molar-refractivity contribution in [1.29, 1.82) is 0 Å². The topological polar surface area (TPSA) is 83.6 Å². The summed E-state index contributed by atoms with van der Waals surface area (Å²) in [4.78, 5) is 32.9. The van der Waals surface area contributed by atoms with Gasteiger partial charge in [0.15, 0.2) is 10.9 Å². The minimum atomic E-state index is -0.887. The number of thiophene rings is 1. The molecular weight excluding hydrogens is 432 g/mol. The predicted octanol–water partition coefficient (Wildman–Crippen LogP) is 5.60. The molecule has 31 heavy (non-hydrogen) atoms. The molecule has 0 saturated carbocycles. The molecule has 6 nitrogen and oxygen atoms in total. The van der Waals surface area contributed by atoms with E-state index < -0.39 is 23.5 Å². The molecule has 0 spiro atoms. The number of carbonyl (C=O) groups excluding carboxylic acids is 2. The highest BCUT2D eigenvalue weighted by Gasteiger charge is 2.47. The molecule has 1 aliphatic heterocycles. The highest BCUT2D eigenvalue weighted by molar-refractivity contribution is 7.22. The van der Waals surface area contributed by atoms with Crippen LogP contribution in [0.25, 0.3) is 10.2 Å². The highest BCUT2D eigenvalue weighted by atomic mass is 32.1. The average Bonchev–Trinajstić information content (AvgIpc) is 3.54. The second kappa shape index (κ2) is 7.47. The standard InChI is InChI=1S/C23H18N2O4S2/c1-3-13-7-8-14-17(11-13)31-23(24-14)25-19(15-9-6-12(2)29-15)18(21(27)22(25)28)20(26)16-5-4-10-30-16/h4-11,19,27H,3H2,1-2H3. The van der Waals surface area contributed by atoms with E-state index in [0.717, 1.165) is 16.6 Å². The Morgan fingerprint density at radius 1 is 1.26 bits per heavy atom. The van der Waals surface area contributed by atoms with Crippen molar-refractivity contribution in [2.45, 2.75) is 26.3 Å². The Labute approximate surface area is 186 Å². The van der Waals surface area contributed by atoms with Gasteiger partial charge in [0.25, 0.3) is 5.91 Å². The summed E-state index contributed by atoms with van der Waals surface area (Å²) < 4.78 is 6.75. The number of amides is 1. The largest absolute Gasteiger partial charge is 0.503 e. The first-order valence-electron chi connectivity index (χ1n) is 9.78. The first-order valence-corrected chi connectivity index (χ1v) is 11.5. The number of thiazole rings is 1. The Morgan fingerprint density at radius 2 is 2.10 bits per heavy atom. The Hall–Kier alpha value is -3.23. The molecule has 1 amide bonds.